The Kier molecular flexibility index (Phi) is 6.39. The molecule has 5 rings (SSSR count). The monoisotopic (exact) mass is 490 g/mol. The average molecular weight is 491 g/mol. The Balaban J connectivity index is 1.45. The summed E-state index contributed by atoms with van der Waals surface area (Å²) in [5.74, 6) is 1.78. The number of rotatable bonds is 6. The first-order chi connectivity index (χ1) is 16.6. The van der Waals surface area contributed by atoms with Gasteiger partial charge in [-0.3, -0.25) is 4.79 Å². The number of amides is 1. The third-order valence-corrected chi connectivity index (χ3v) is 8.31. The molecule has 5 nitrogen and oxygen atoms in total. The maximum Gasteiger partial charge on any atom is 0.249 e. The van der Waals surface area contributed by atoms with Crippen LogP contribution in [-0.2, 0) is 17.6 Å². The van der Waals surface area contributed by atoms with Gasteiger partial charge in [-0.15, -0.1) is 22.7 Å². The summed E-state index contributed by atoms with van der Waals surface area (Å²) in [6.07, 6.45) is 6.58. The maximum absolute atomic E-state index is 12.9. The highest BCUT2D eigenvalue weighted by Gasteiger charge is 2.27. The lowest BCUT2D eigenvalue weighted by atomic mass is 9.88. The molecule has 1 amide bonds. The number of nitrogens with one attached hydrogen (secondary N) is 1. The molecule has 7 heteroatoms. The number of anilines is 1. The maximum atomic E-state index is 12.9. The predicted octanol–water partition coefficient (Wildman–Crippen LogP) is 6.82. The summed E-state index contributed by atoms with van der Waals surface area (Å²) >= 11 is 3.38. The van der Waals surface area contributed by atoms with Crippen LogP contribution in [0.3, 0.4) is 0 Å². The number of fused-ring (bicyclic) bond motifs is 2. The molecule has 34 heavy (non-hydrogen) atoms. The number of hydrogen-bond acceptors (Lipinski definition) is 6. The zero-order valence-corrected chi connectivity index (χ0v) is 21.0. The minimum atomic E-state index is -0.163. The van der Waals surface area contributed by atoms with E-state index in [1.54, 1.807) is 49.0 Å². The molecule has 0 aliphatic heterocycles. The molecule has 1 N–H and O–H groups in total. The van der Waals surface area contributed by atoms with Crippen molar-refractivity contribution in [3.05, 3.63) is 64.5 Å². The van der Waals surface area contributed by atoms with Crippen LogP contribution in [0.2, 0.25) is 0 Å². The second kappa shape index (κ2) is 9.60. The van der Waals surface area contributed by atoms with E-state index in [0.717, 1.165) is 50.6 Å². The SMILES string of the molecule is COc1ccc(/C=C\C(=O)Nc2sc3c(c2-c2nc4ccccc4s2)CCC(C)C3)cc1OC. The van der Waals surface area contributed by atoms with Crippen molar-refractivity contribution in [3.63, 3.8) is 0 Å². The summed E-state index contributed by atoms with van der Waals surface area (Å²) in [5.41, 5.74) is 4.30. The summed E-state index contributed by atoms with van der Waals surface area (Å²) in [7, 11) is 3.20. The zero-order valence-electron chi connectivity index (χ0n) is 19.4. The van der Waals surface area contributed by atoms with Crippen molar-refractivity contribution in [1.29, 1.82) is 0 Å². The quantitative estimate of drug-likeness (QED) is 0.301. The van der Waals surface area contributed by atoms with Gasteiger partial charge in [0.15, 0.2) is 11.5 Å². The third-order valence-electron chi connectivity index (χ3n) is 6.09. The van der Waals surface area contributed by atoms with Gasteiger partial charge in [0, 0.05) is 16.5 Å². The minimum Gasteiger partial charge on any atom is -0.493 e. The zero-order chi connectivity index (χ0) is 23.7. The number of thiazole rings is 1. The number of aromatic nitrogens is 1. The lowest BCUT2D eigenvalue weighted by Crippen LogP contribution is -2.09. The predicted molar refractivity (Wildman–Crippen MR) is 141 cm³/mol. The van der Waals surface area contributed by atoms with Crippen LogP contribution in [0, 0.1) is 5.92 Å². The van der Waals surface area contributed by atoms with E-state index < -0.39 is 0 Å². The Morgan fingerprint density at radius 3 is 2.74 bits per heavy atom. The van der Waals surface area contributed by atoms with Gasteiger partial charge >= 0.3 is 0 Å². The molecular weight excluding hydrogens is 464 g/mol. The fourth-order valence-electron chi connectivity index (χ4n) is 4.33. The van der Waals surface area contributed by atoms with Crippen molar-refractivity contribution in [3.8, 4) is 22.1 Å². The van der Waals surface area contributed by atoms with E-state index >= 15 is 0 Å². The summed E-state index contributed by atoms with van der Waals surface area (Å²) in [6, 6.07) is 13.8. The van der Waals surface area contributed by atoms with Gasteiger partial charge in [0.25, 0.3) is 0 Å². The highest BCUT2D eigenvalue weighted by molar-refractivity contribution is 7.23. The first kappa shape index (κ1) is 22.6. The molecule has 0 fully saturated rings. The molecular formula is C27H26N2O3S2. The number of nitrogens with zero attached hydrogens (tertiary/aromatic N) is 1. The van der Waals surface area contributed by atoms with Crippen LogP contribution in [0.1, 0.15) is 29.3 Å². The van der Waals surface area contributed by atoms with E-state index in [0.29, 0.717) is 17.4 Å². The van der Waals surface area contributed by atoms with Gasteiger partial charge in [-0.1, -0.05) is 25.1 Å². The first-order valence-corrected chi connectivity index (χ1v) is 12.9. The summed E-state index contributed by atoms with van der Waals surface area (Å²) < 4.78 is 11.8. The molecule has 2 aromatic carbocycles. The molecule has 0 saturated carbocycles. The van der Waals surface area contributed by atoms with Gasteiger partial charge < -0.3 is 14.8 Å². The van der Waals surface area contributed by atoms with Gasteiger partial charge in [0.05, 0.1) is 24.4 Å². The Morgan fingerprint density at radius 2 is 1.94 bits per heavy atom. The van der Waals surface area contributed by atoms with Crippen LogP contribution in [0.25, 0.3) is 26.9 Å². The van der Waals surface area contributed by atoms with Crippen molar-refractivity contribution in [1.82, 2.24) is 4.98 Å². The highest BCUT2D eigenvalue weighted by atomic mass is 32.1. The number of carbonyl (C=O) groups excluding carboxylic acids is 1. The van der Waals surface area contributed by atoms with Crippen LogP contribution in [-0.4, -0.2) is 25.1 Å². The Labute approximate surface area is 207 Å². The number of thiophene rings is 1. The first-order valence-electron chi connectivity index (χ1n) is 11.3. The standard InChI is InChI=1S/C27H26N2O3S2/c1-16-8-11-18-23(14-16)34-27(25(18)26-28-19-6-4-5-7-22(19)33-26)29-24(30)13-10-17-9-12-20(31-2)21(15-17)32-3/h4-7,9-10,12-13,15-16H,8,11,14H2,1-3H3,(H,29,30)/b13-10-. The fourth-order valence-corrected chi connectivity index (χ4v) is 6.85. The van der Waals surface area contributed by atoms with Crippen molar-refractivity contribution in [2.75, 3.05) is 19.5 Å². The van der Waals surface area contributed by atoms with Crippen molar-refractivity contribution in [2.24, 2.45) is 5.92 Å². The molecule has 0 bridgehead atoms. The number of methoxy groups -OCH3 is 2. The lowest BCUT2D eigenvalue weighted by Gasteiger charge is -2.18. The minimum absolute atomic E-state index is 0.163. The molecule has 0 spiro atoms. The normalized spacial score (nSPS) is 15.4. The summed E-state index contributed by atoms with van der Waals surface area (Å²) in [4.78, 5) is 19.2. The molecule has 1 atom stereocenters. The number of carbonyl (C=O) groups is 1. The molecule has 0 saturated heterocycles. The fraction of sp³-hybridized carbons (Fsp3) is 0.259. The summed E-state index contributed by atoms with van der Waals surface area (Å²) in [5, 5.41) is 5.02. The Morgan fingerprint density at radius 1 is 1.12 bits per heavy atom. The number of ether oxygens (including phenoxy) is 2. The van der Waals surface area contributed by atoms with Crippen LogP contribution in [0.5, 0.6) is 11.5 Å². The number of para-hydroxylation sites is 1. The van der Waals surface area contributed by atoms with Gasteiger partial charge in [-0.05, 0) is 66.6 Å². The molecule has 2 aromatic heterocycles. The Bertz CT molecular complexity index is 1350. The smallest absolute Gasteiger partial charge is 0.249 e. The van der Waals surface area contributed by atoms with E-state index in [4.69, 9.17) is 14.5 Å². The van der Waals surface area contributed by atoms with Gasteiger partial charge in [0.1, 0.15) is 10.0 Å². The van der Waals surface area contributed by atoms with Crippen LogP contribution >= 0.6 is 22.7 Å². The molecule has 0 radical (unpaired) electrons. The average Bonchev–Trinajstić information content (AvgIpc) is 3.42. The molecule has 1 aliphatic carbocycles. The molecule has 1 aliphatic rings. The second-order valence-corrected chi connectivity index (χ2v) is 10.6. The van der Waals surface area contributed by atoms with Crippen molar-refractivity contribution < 1.29 is 14.3 Å². The van der Waals surface area contributed by atoms with E-state index in [9.17, 15) is 4.79 Å². The van der Waals surface area contributed by atoms with Crippen LogP contribution in [0.15, 0.2) is 48.5 Å². The molecule has 4 aromatic rings. The van der Waals surface area contributed by atoms with Crippen LogP contribution in [0.4, 0.5) is 5.00 Å². The van der Waals surface area contributed by atoms with E-state index in [2.05, 4.69) is 18.3 Å². The van der Waals surface area contributed by atoms with Gasteiger partial charge in [-0.2, -0.15) is 0 Å². The van der Waals surface area contributed by atoms with E-state index in [1.165, 1.54) is 10.4 Å². The van der Waals surface area contributed by atoms with Gasteiger partial charge in [-0.25, -0.2) is 4.98 Å². The van der Waals surface area contributed by atoms with Crippen molar-refractivity contribution in [2.45, 2.75) is 26.2 Å². The third kappa shape index (κ3) is 4.45. The largest absolute Gasteiger partial charge is 0.493 e. The number of benzene rings is 2. The Hall–Kier alpha value is -3.16. The second-order valence-electron chi connectivity index (χ2n) is 8.48. The van der Waals surface area contributed by atoms with E-state index in [-0.39, 0.29) is 5.91 Å². The number of hydrogen-bond donors (Lipinski definition) is 1. The van der Waals surface area contributed by atoms with E-state index in [1.807, 2.05) is 36.4 Å². The lowest BCUT2D eigenvalue weighted by molar-refractivity contribution is -0.111. The highest BCUT2D eigenvalue weighted by Crippen LogP contribution is 2.47. The summed E-state index contributed by atoms with van der Waals surface area (Å²) in [6.45, 7) is 2.30. The topological polar surface area (TPSA) is 60.5 Å². The molecule has 2 heterocycles. The van der Waals surface area contributed by atoms with Gasteiger partial charge in [0.2, 0.25) is 5.91 Å². The van der Waals surface area contributed by atoms with Crippen molar-refractivity contribution >= 4 is 49.9 Å². The molecule has 174 valence electrons. The van der Waals surface area contributed by atoms with Crippen LogP contribution < -0.4 is 14.8 Å². The molecule has 1 unspecified atom stereocenters.